The number of rotatable bonds is 9. The van der Waals surface area contributed by atoms with Gasteiger partial charge in [0.05, 0.1) is 13.2 Å². The molecule has 28 heavy (non-hydrogen) atoms. The Morgan fingerprint density at radius 3 is 2.93 bits per heavy atom. The van der Waals surface area contributed by atoms with Gasteiger partial charge in [-0.25, -0.2) is 9.98 Å². The van der Waals surface area contributed by atoms with Crippen LogP contribution in [0.5, 0.6) is 5.88 Å². The zero-order valence-corrected chi connectivity index (χ0v) is 18.0. The van der Waals surface area contributed by atoms with E-state index >= 15 is 0 Å². The average Bonchev–Trinajstić information content (AvgIpc) is 3.55. The lowest BCUT2D eigenvalue weighted by Gasteiger charge is -2.30. The van der Waals surface area contributed by atoms with Crippen molar-refractivity contribution in [3.05, 3.63) is 23.9 Å². The smallest absolute Gasteiger partial charge is 0.213 e. The standard InChI is InChI=1S/C21H34N4O2S/c1-3-22-21(25-18-6-5-7-19(13-18)28(26)4-2)24-14-17-10-11-23-20(12-17)27-15-16-8-9-16/h10-12,16,18-19H,3-9,13-15H2,1-2H3,(H2,22,24,25). The van der Waals surface area contributed by atoms with E-state index in [1.807, 2.05) is 19.1 Å². The molecule has 0 aromatic carbocycles. The van der Waals surface area contributed by atoms with Crippen LogP contribution in [0.25, 0.3) is 0 Å². The fraction of sp³-hybridized carbons (Fsp3) is 0.714. The summed E-state index contributed by atoms with van der Waals surface area (Å²) in [5, 5.41) is 7.20. The molecule has 0 aliphatic heterocycles. The van der Waals surface area contributed by atoms with Gasteiger partial charge in [0.25, 0.3) is 0 Å². The minimum atomic E-state index is -0.711. The molecule has 0 amide bonds. The molecule has 2 saturated carbocycles. The Balaban J connectivity index is 1.56. The van der Waals surface area contributed by atoms with Crippen LogP contribution in [-0.2, 0) is 17.3 Å². The SMILES string of the molecule is CCNC(=NCc1ccnc(OCC2CC2)c1)NC1CCCC(S(=O)CC)C1. The number of ether oxygens (including phenoxy) is 1. The fourth-order valence-corrected chi connectivity index (χ4v) is 4.90. The molecule has 2 N–H and O–H groups in total. The number of hydrogen-bond donors (Lipinski definition) is 2. The van der Waals surface area contributed by atoms with Crippen molar-refractivity contribution in [3.8, 4) is 5.88 Å². The Bertz CT molecular complexity index is 678. The van der Waals surface area contributed by atoms with Gasteiger partial charge in [0.15, 0.2) is 5.96 Å². The predicted octanol–water partition coefficient (Wildman–Crippen LogP) is 3.01. The van der Waals surface area contributed by atoms with E-state index in [4.69, 9.17) is 9.73 Å². The van der Waals surface area contributed by atoms with Gasteiger partial charge in [0.2, 0.25) is 5.88 Å². The van der Waals surface area contributed by atoms with Gasteiger partial charge >= 0.3 is 0 Å². The predicted molar refractivity (Wildman–Crippen MR) is 115 cm³/mol. The summed E-state index contributed by atoms with van der Waals surface area (Å²) in [6.07, 6.45) is 8.60. The van der Waals surface area contributed by atoms with E-state index in [2.05, 4.69) is 22.5 Å². The molecular formula is C21H34N4O2S. The molecule has 3 unspecified atom stereocenters. The minimum absolute atomic E-state index is 0.311. The Morgan fingerprint density at radius 1 is 1.32 bits per heavy atom. The lowest BCUT2D eigenvalue weighted by atomic mass is 9.95. The normalized spacial score (nSPS) is 23.9. The van der Waals surface area contributed by atoms with E-state index in [1.54, 1.807) is 6.20 Å². The summed E-state index contributed by atoms with van der Waals surface area (Å²) >= 11 is 0. The molecule has 2 aliphatic carbocycles. The molecule has 0 saturated heterocycles. The molecule has 0 bridgehead atoms. The quantitative estimate of drug-likeness (QED) is 0.487. The molecule has 7 heteroatoms. The number of aliphatic imine (C=N–C) groups is 1. The van der Waals surface area contributed by atoms with Crippen LogP contribution in [-0.4, -0.2) is 45.3 Å². The van der Waals surface area contributed by atoms with Crippen LogP contribution in [0.1, 0.15) is 57.9 Å². The number of nitrogens with one attached hydrogen (secondary N) is 2. The van der Waals surface area contributed by atoms with Crippen LogP contribution < -0.4 is 15.4 Å². The van der Waals surface area contributed by atoms with Gasteiger partial charge in [0, 0.05) is 46.7 Å². The van der Waals surface area contributed by atoms with Crippen LogP contribution in [0.3, 0.4) is 0 Å². The molecule has 3 atom stereocenters. The van der Waals surface area contributed by atoms with Crippen LogP contribution in [0.2, 0.25) is 0 Å². The second-order valence-corrected chi connectivity index (χ2v) is 9.76. The van der Waals surface area contributed by atoms with Gasteiger partial charge < -0.3 is 15.4 Å². The highest BCUT2D eigenvalue weighted by Crippen LogP contribution is 2.29. The van der Waals surface area contributed by atoms with E-state index in [1.165, 1.54) is 12.8 Å². The maximum Gasteiger partial charge on any atom is 0.213 e. The number of guanidine groups is 1. The van der Waals surface area contributed by atoms with Crippen molar-refractivity contribution in [3.63, 3.8) is 0 Å². The van der Waals surface area contributed by atoms with Crippen molar-refractivity contribution in [1.29, 1.82) is 0 Å². The molecule has 0 radical (unpaired) electrons. The van der Waals surface area contributed by atoms with Crippen molar-refractivity contribution in [2.24, 2.45) is 10.9 Å². The zero-order valence-electron chi connectivity index (χ0n) is 17.2. The first-order valence-electron chi connectivity index (χ1n) is 10.7. The second kappa shape index (κ2) is 10.8. The molecule has 1 aromatic heterocycles. The van der Waals surface area contributed by atoms with Gasteiger partial charge in [-0.05, 0) is 56.6 Å². The summed E-state index contributed by atoms with van der Waals surface area (Å²) in [7, 11) is -0.711. The first-order chi connectivity index (χ1) is 13.7. The highest BCUT2D eigenvalue weighted by molar-refractivity contribution is 7.85. The average molecular weight is 407 g/mol. The van der Waals surface area contributed by atoms with E-state index in [-0.39, 0.29) is 0 Å². The number of hydrogen-bond acceptors (Lipinski definition) is 4. The fourth-order valence-electron chi connectivity index (χ4n) is 3.55. The molecule has 3 rings (SSSR count). The lowest BCUT2D eigenvalue weighted by molar-refractivity contribution is 0.288. The molecule has 2 fully saturated rings. The summed E-state index contributed by atoms with van der Waals surface area (Å²) < 4.78 is 18.0. The van der Waals surface area contributed by atoms with Crippen molar-refractivity contribution < 1.29 is 8.95 Å². The monoisotopic (exact) mass is 406 g/mol. The van der Waals surface area contributed by atoms with Crippen molar-refractivity contribution in [2.45, 2.75) is 70.2 Å². The largest absolute Gasteiger partial charge is 0.477 e. The molecule has 156 valence electrons. The zero-order chi connectivity index (χ0) is 19.8. The highest BCUT2D eigenvalue weighted by Gasteiger charge is 2.26. The van der Waals surface area contributed by atoms with Gasteiger partial charge in [-0.2, -0.15) is 0 Å². The topological polar surface area (TPSA) is 75.6 Å². The Hall–Kier alpha value is -1.63. The van der Waals surface area contributed by atoms with Crippen LogP contribution in [0.4, 0.5) is 0 Å². The highest BCUT2D eigenvalue weighted by atomic mass is 32.2. The van der Waals surface area contributed by atoms with Crippen molar-refractivity contribution in [2.75, 3.05) is 18.9 Å². The first-order valence-corrected chi connectivity index (χ1v) is 12.1. The van der Waals surface area contributed by atoms with Gasteiger partial charge in [-0.3, -0.25) is 4.21 Å². The maximum absolute atomic E-state index is 12.2. The summed E-state index contributed by atoms with van der Waals surface area (Å²) in [6, 6.07) is 4.30. The van der Waals surface area contributed by atoms with Crippen LogP contribution >= 0.6 is 0 Å². The molecule has 6 nitrogen and oxygen atoms in total. The van der Waals surface area contributed by atoms with Gasteiger partial charge in [-0.15, -0.1) is 0 Å². The van der Waals surface area contributed by atoms with E-state index < -0.39 is 10.8 Å². The molecule has 2 aliphatic rings. The molecular weight excluding hydrogens is 372 g/mol. The Morgan fingerprint density at radius 2 is 2.18 bits per heavy atom. The number of pyridine rings is 1. The van der Waals surface area contributed by atoms with E-state index in [0.717, 1.165) is 62.0 Å². The Kier molecular flexibility index (Phi) is 8.13. The van der Waals surface area contributed by atoms with Gasteiger partial charge in [-0.1, -0.05) is 13.3 Å². The first kappa shape index (κ1) is 21.1. The minimum Gasteiger partial charge on any atom is -0.477 e. The third kappa shape index (κ3) is 6.76. The van der Waals surface area contributed by atoms with Crippen LogP contribution in [0.15, 0.2) is 23.3 Å². The summed E-state index contributed by atoms with van der Waals surface area (Å²) in [4.78, 5) is 9.05. The summed E-state index contributed by atoms with van der Waals surface area (Å²) in [5.41, 5.74) is 1.09. The Labute approximate surface area is 171 Å². The third-order valence-corrected chi connectivity index (χ3v) is 7.09. The number of nitrogens with zero attached hydrogens (tertiary/aromatic N) is 2. The lowest BCUT2D eigenvalue weighted by Crippen LogP contribution is -2.46. The maximum atomic E-state index is 12.2. The summed E-state index contributed by atoms with van der Waals surface area (Å²) in [5.74, 6) is 2.98. The molecule has 1 aromatic rings. The third-order valence-electron chi connectivity index (χ3n) is 5.35. The van der Waals surface area contributed by atoms with E-state index in [9.17, 15) is 4.21 Å². The summed E-state index contributed by atoms with van der Waals surface area (Å²) in [6.45, 7) is 6.24. The second-order valence-electron chi connectivity index (χ2n) is 7.75. The van der Waals surface area contributed by atoms with Gasteiger partial charge in [0.1, 0.15) is 0 Å². The van der Waals surface area contributed by atoms with Crippen LogP contribution in [0, 0.1) is 5.92 Å². The molecule has 1 heterocycles. The van der Waals surface area contributed by atoms with Crippen molar-refractivity contribution >= 4 is 16.8 Å². The van der Waals surface area contributed by atoms with Crippen molar-refractivity contribution in [1.82, 2.24) is 15.6 Å². The molecule has 0 spiro atoms. The van der Waals surface area contributed by atoms with E-state index in [0.29, 0.717) is 23.7 Å². The number of aromatic nitrogens is 1.